The van der Waals surface area contributed by atoms with E-state index in [4.69, 9.17) is 21.1 Å². The van der Waals surface area contributed by atoms with E-state index in [0.29, 0.717) is 36.3 Å². The van der Waals surface area contributed by atoms with Crippen LogP contribution in [0.1, 0.15) is 18.1 Å². The van der Waals surface area contributed by atoms with E-state index in [9.17, 15) is 0 Å². The fourth-order valence-corrected chi connectivity index (χ4v) is 2.43. The van der Waals surface area contributed by atoms with Crippen LogP contribution in [0.3, 0.4) is 0 Å². The van der Waals surface area contributed by atoms with Crippen LogP contribution in [0.4, 0.5) is 5.69 Å². The fourth-order valence-electron chi connectivity index (χ4n) is 2.14. The third-order valence-corrected chi connectivity index (χ3v) is 3.54. The first-order chi connectivity index (χ1) is 11.1. The average Bonchev–Trinajstić information content (AvgIpc) is 2.54. The average molecular weight is 332 g/mol. The van der Waals surface area contributed by atoms with Crippen LogP contribution in [0.15, 0.2) is 49.1 Å². The molecule has 2 rings (SSSR count). The molecule has 0 radical (unpaired) electrons. The summed E-state index contributed by atoms with van der Waals surface area (Å²) in [5.41, 5.74) is 3.34. The van der Waals surface area contributed by atoms with Gasteiger partial charge in [-0.25, -0.2) is 0 Å². The second-order valence-electron chi connectivity index (χ2n) is 5.16. The number of hydrogen-bond donors (Lipinski definition) is 1. The lowest BCUT2D eigenvalue weighted by molar-refractivity contribution is 0.297. The van der Waals surface area contributed by atoms with E-state index in [1.807, 2.05) is 19.1 Å². The van der Waals surface area contributed by atoms with Gasteiger partial charge in [0.05, 0.1) is 11.6 Å². The van der Waals surface area contributed by atoms with Gasteiger partial charge >= 0.3 is 0 Å². The van der Waals surface area contributed by atoms with E-state index >= 15 is 0 Å². The summed E-state index contributed by atoms with van der Waals surface area (Å²) in [4.78, 5) is 0. The molecule has 0 fully saturated rings. The molecule has 0 saturated carbocycles. The van der Waals surface area contributed by atoms with Crippen LogP contribution >= 0.6 is 11.6 Å². The zero-order valence-corrected chi connectivity index (χ0v) is 14.3. The molecule has 0 atom stereocenters. The minimum atomic E-state index is 0.390. The Balaban J connectivity index is 2.15. The molecule has 2 aromatic carbocycles. The van der Waals surface area contributed by atoms with Crippen LogP contribution in [-0.4, -0.2) is 13.2 Å². The van der Waals surface area contributed by atoms with Crippen molar-refractivity contribution >= 4 is 17.3 Å². The Labute approximate surface area is 142 Å². The third kappa shape index (κ3) is 4.93. The SMILES string of the molecule is C=CCOc1c(Cl)cc(CNc2ccc(C)cc2)cc1OCC. The lowest BCUT2D eigenvalue weighted by atomic mass is 10.2. The standard InChI is InChI=1S/C19H22ClNO2/c1-4-10-23-19-17(20)11-15(12-18(19)22-5-2)13-21-16-8-6-14(3)7-9-16/h4,6-9,11-12,21H,1,5,10,13H2,2-3H3. The number of anilines is 1. The topological polar surface area (TPSA) is 30.5 Å². The van der Waals surface area contributed by atoms with Crippen molar-refractivity contribution in [3.05, 3.63) is 65.2 Å². The van der Waals surface area contributed by atoms with Crippen molar-refractivity contribution < 1.29 is 9.47 Å². The molecule has 0 unspecified atom stereocenters. The Morgan fingerprint density at radius 1 is 1.17 bits per heavy atom. The molecule has 0 bridgehead atoms. The van der Waals surface area contributed by atoms with Gasteiger partial charge in [-0.2, -0.15) is 0 Å². The van der Waals surface area contributed by atoms with Gasteiger partial charge in [0.2, 0.25) is 0 Å². The Morgan fingerprint density at radius 3 is 2.57 bits per heavy atom. The number of nitrogens with one attached hydrogen (secondary N) is 1. The second kappa shape index (κ2) is 8.49. The summed E-state index contributed by atoms with van der Waals surface area (Å²) in [6.45, 7) is 9.25. The molecule has 0 aliphatic rings. The summed E-state index contributed by atoms with van der Waals surface area (Å²) in [7, 11) is 0. The summed E-state index contributed by atoms with van der Waals surface area (Å²) in [5.74, 6) is 1.22. The molecule has 0 amide bonds. The molecular weight excluding hydrogens is 310 g/mol. The quantitative estimate of drug-likeness (QED) is 0.672. The smallest absolute Gasteiger partial charge is 0.180 e. The van der Waals surface area contributed by atoms with E-state index in [2.05, 4.69) is 43.1 Å². The van der Waals surface area contributed by atoms with Gasteiger partial charge in [0.1, 0.15) is 6.61 Å². The highest BCUT2D eigenvalue weighted by molar-refractivity contribution is 6.32. The van der Waals surface area contributed by atoms with Crippen molar-refractivity contribution in [1.29, 1.82) is 0 Å². The fraction of sp³-hybridized carbons (Fsp3) is 0.263. The van der Waals surface area contributed by atoms with Crippen molar-refractivity contribution in [3.8, 4) is 11.5 Å². The Hall–Kier alpha value is -2.13. The summed E-state index contributed by atoms with van der Waals surface area (Å²) in [6.07, 6.45) is 1.68. The first-order valence-corrected chi connectivity index (χ1v) is 8.01. The molecule has 122 valence electrons. The molecule has 23 heavy (non-hydrogen) atoms. The molecule has 0 spiro atoms. The van der Waals surface area contributed by atoms with E-state index < -0.39 is 0 Å². The number of hydrogen-bond acceptors (Lipinski definition) is 3. The summed E-state index contributed by atoms with van der Waals surface area (Å²) in [6, 6.07) is 12.1. The highest BCUT2D eigenvalue weighted by Crippen LogP contribution is 2.37. The van der Waals surface area contributed by atoms with Crippen LogP contribution in [0, 0.1) is 6.92 Å². The van der Waals surface area contributed by atoms with Crippen LogP contribution in [0.25, 0.3) is 0 Å². The molecule has 3 nitrogen and oxygen atoms in total. The number of benzene rings is 2. The molecule has 0 aliphatic heterocycles. The number of aryl methyl sites for hydroxylation is 1. The first-order valence-electron chi connectivity index (χ1n) is 7.63. The first kappa shape index (κ1) is 17.2. The minimum absolute atomic E-state index is 0.390. The zero-order valence-electron chi connectivity index (χ0n) is 13.6. The van der Waals surface area contributed by atoms with Crippen molar-refractivity contribution in [2.75, 3.05) is 18.5 Å². The van der Waals surface area contributed by atoms with Gasteiger partial charge in [0.15, 0.2) is 11.5 Å². The maximum absolute atomic E-state index is 6.34. The zero-order chi connectivity index (χ0) is 16.7. The predicted molar refractivity (Wildman–Crippen MR) is 96.8 cm³/mol. The highest BCUT2D eigenvalue weighted by atomic mass is 35.5. The molecule has 0 aromatic heterocycles. The molecule has 4 heteroatoms. The van der Waals surface area contributed by atoms with Crippen molar-refractivity contribution in [1.82, 2.24) is 0 Å². The lowest BCUT2D eigenvalue weighted by Gasteiger charge is -2.15. The monoisotopic (exact) mass is 331 g/mol. The van der Waals surface area contributed by atoms with Gasteiger partial charge < -0.3 is 14.8 Å². The second-order valence-corrected chi connectivity index (χ2v) is 5.56. The molecule has 2 aromatic rings. The van der Waals surface area contributed by atoms with Crippen LogP contribution in [0.2, 0.25) is 5.02 Å². The van der Waals surface area contributed by atoms with E-state index in [1.165, 1.54) is 5.56 Å². The summed E-state index contributed by atoms with van der Waals surface area (Å²) in [5, 5.41) is 3.92. The maximum atomic E-state index is 6.34. The van der Waals surface area contributed by atoms with Crippen LogP contribution < -0.4 is 14.8 Å². The van der Waals surface area contributed by atoms with Gasteiger partial charge in [-0.15, -0.1) is 0 Å². The normalized spacial score (nSPS) is 10.2. The minimum Gasteiger partial charge on any atom is -0.490 e. The van der Waals surface area contributed by atoms with Gasteiger partial charge in [0.25, 0.3) is 0 Å². The molecule has 0 saturated heterocycles. The van der Waals surface area contributed by atoms with E-state index in [-0.39, 0.29) is 0 Å². The van der Waals surface area contributed by atoms with Gasteiger partial charge in [-0.3, -0.25) is 0 Å². The van der Waals surface area contributed by atoms with Crippen molar-refractivity contribution in [2.24, 2.45) is 0 Å². The van der Waals surface area contributed by atoms with E-state index in [0.717, 1.165) is 11.3 Å². The largest absolute Gasteiger partial charge is 0.490 e. The van der Waals surface area contributed by atoms with Gasteiger partial charge in [0, 0.05) is 12.2 Å². The number of ether oxygens (including phenoxy) is 2. The van der Waals surface area contributed by atoms with E-state index in [1.54, 1.807) is 6.08 Å². The third-order valence-electron chi connectivity index (χ3n) is 3.26. The maximum Gasteiger partial charge on any atom is 0.180 e. The van der Waals surface area contributed by atoms with Crippen LogP contribution in [-0.2, 0) is 6.54 Å². The summed E-state index contributed by atoms with van der Waals surface area (Å²) < 4.78 is 11.3. The van der Waals surface area contributed by atoms with Crippen molar-refractivity contribution in [3.63, 3.8) is 0 Å². The lowest BCUT2D eigenvalue weighted by Crippen LogP contribution is -2.03. The molecular formula is C19H22ClNO2. The molecule has 0 aliphatic carbocycles. The number of halogens is 1. The summed E-state index contributed by atoms with van der Waals surface area (Å²) >= 11 is 6.34. The van der Waals surface area contributed by atoms with Gasteiger partial charge in [-0.05, 0) is 43.7 Å². The Kier molecular flexibility index (Phi) is 6.36. The van der Waals surface area contributed by atoms with Gasteiger partial charge in [-0.1, -0.05) is 42.0 Å². The van der Waals surface area contributed by atoms with Crippen molar-refractivity contribution in [2.45, 2.75) is 20.4 Å². The van der Waals surface area contributed by atoms with Crippen LogP contribution in [0.5, 0.6) is 11.5 Å². The highest BCUT2D eigenvalue weighted by Gasteiger charge is 2.12. The Bertz CT molecular complexity index is 653. The number of rotatable bonds is 8. The molecule has 1 N–H and O–H groups in total. The molecule has 0 heterocycles. The predicted octanol–water partition coefficient (Wildman–Crippen LogP) is 5.22. The Morgan fingerprint density at radius 2 is 1.91 bits per heavy atom.